The van der Waals surface area contributed by atoms with Crippen molar-refractivity contribution in [1.82, 2.24) is 14.9 Å². The van der Waals surface area contributed by atoms with Crippen molar-refractivity contribution >= 4 is 11.7 Å². The molecule has 1 amide bonds. The molecule has 1 spiro atoms. The summed E-state index contributed by atoms with van der Waals surface area (Å²) in [6, 6.07) is 9.60. The van der Waals surface area contributed by atoms with Crippen molar-refractivity contribution in [2.24, 2.45) is 5.41 Å². The minimum Gasteiger partial charge on any atom is -0.379 e. The van der Waals surface area contributed by atoms with Gasteiger partial charge in [-0.2, -0.15) is 0 Å². The van der Waals surface area contributed by atoms with Crippen molar-refractivity contribution in [2.45, 2.75) is 6.42 Å². The molecular formula is C19H22N4O2. The van der Waals surface area contributed by atoms with E-state index >= 15 is 0 Å². The fraction of sp³-hybridized carbons (Fsp3) is 0.421. The van der Waals surface area contributed by atoms with Crippen molar-refractivity contribution in [3.63, 3.8) is 0 Å². The molecule has 4 rings (SSSR count). The standard InChI is InChI=1S/C19H22N4O2/c24-18(16-4-3-7-20-12-16)23-10-11-25-15-19(14-23)6-9-22(13-19)17-5-1-2-8-21-17/h1-5,7-8,12H,6,9-11,13-15H2/t19-/m1/s1. The van der Waals surface area contributed by atoms with E-state index in [0.717, 1.165) is 25.3 Å². The summed E-state index contributed by atoms with van der Waals surface area (Å²) in [4.78, 5) is 25.6. The van der Waals surface area contributed by atoms with Gasteiger partial charge in [-0.25, -0.2) is 4.98 Å². The Balaban J connectivity index is 1.51. The van der Waals surface area contributed by atoms with Gasteiger partial charge in [0.25, 0.3) is 5.91 Å². The number of carbonyl (C=O) groups is 1. The van der Waals surface area contributed by atoms with E-state index in [-0.39, 0.29) is 11.3 Å². The molecule has 0 N–H and O–H groups in total. The van der Waals surface area contributed by atoms with Crippen LogP contribution < -0.4 is 4.90 Å². The Labute approximate surface area is 147 Å². The number of rotatable bonds is 2. The van der Waals surface area contributed by atoms with Gasteiger partial charge in [-0.15, -0.1) is 0 Å². The largest absolute Gasteiger partial charge is 0.379 e. The van der Waals surface area contributed by atoms with Crippen LogP contribution in [0.4, 0.5) is 5.82 Å². The molecule has 0 unspecified atom stereocenters. The molecule has 2 aliphatic rings. The first-order chi connectivity index (χ1) is 12.3. The average Bonchev–Trinajstić information content (AvgIpc) is 2.97. The Kier molecular flexibility index (Phi) is 4.36. The molecule has 1 atom stereocenters. The van der Waals surface area contributed by atoms with Crippen LogP contribution in [0.1, 0.15) is 16.8 Å². The number of aromatic nitrogens is 2. The molecule has 0 bridgehead atoms. The first kappa shape index (κ1) is 16.0. The van der Waals surface area contributed by atoms with Crippen molar-refractivity contribution in [3.8, 4) is 0 Å². The van der Waals surface area contributed by atoms with E-state index in [0.29, 0.717) is 31.9 Å². The number of pyridine rings is 2. The number of hydrogen-bond donors (Lipinski definition) is 0. The van der Waals surface area contributed by atoms with Crippen molar-refractivity contribution in [1.29, 1.82) is 0 Å². The molecule has 2 fully saturated rings. The van der Waals surface area contributed by atoms with Crippen LogP contribution in [0.15, 0.2) is 48.9 Å². The lowest BCUT2D eigenvalue weighted by atomic mass is 9.87. The summed E-state index contributed by atoms with van der Waals surface area (Å²) in [7, 11) is 0. The van der Waals surface area contributed by atoms with Gasteiger partial charge in [0, 0.05) is 50.2 Å². The van der Waals surface area contributed by atoms with Crippen LogP contribution in [-0.4, -0.2) is 60.2 Å². The molecule has 2 saturated heterocycles. The average molecular weight is 338 g/mol. The second-order valence-electron chi connectivity index (χ2n) is 6.88. The van der Waals surface area contributed by atoms with Crippen molar-refractivity contribution in [3.05, 3.63) is 54.5 Å². The van der Waals surface area contributed by atoms with Gasteiger partial charge in [-0.05, 0) is 30.7 Å². The molecule has 4 heterocycles. The van der Waals surface area contributed by atoms with Gasteiger partial charge < -0.3 is 14.5 Å². The van der Waals surface area contributed by atoms with Crippen LogP contribution in [0.2, 0.25) is 0 Å². The normalized spacial score (nSPS) is 23.7. The third kappa shape index (κ3) is 3.35. The summed E-state index contributed by atoms with van der Waals surface area (Å²) in [6.45, 7) is 4.41. The second kappa shape index (κ2) is 6.80. The Bertz CT molecular complexity index is 725. The molecule has 0 aliphatic carbocycles. The van der Waals surface area contributed by atoms with Crippen LogP contribution >= 0.6 is 0 Å². The number of nitrogens with zero attached hydrogens (tertiary/aromatic N) is 4. The molecule has 2 aliphatic heterocycles. The van der Waals surface area contributed by atoms with Crippen LogP contribution in [0.5, 0.6) is 0 Å². The molecule has 0 saturated carbocycles. The third-order valence-electron chi connectivity index (χ3n) is 5.05. The maximum atomic E-state index is 12.8. The molecule has 130 valence electrons. The fourth-order valence-corrected chi connectivity index (χ4v) is 3.76. The molecular weight excluding hydrogens is 316 g/mol. The van der Waals surface area contributed by atoms with Crippen LogP contribution in [0.3, 0.4) is 0 Å². The summed E-state index contributed by atoms with van der Waals surface area (Å²) in [5, 5.41) is 0. The van der Waals surface area contributed by atoms with Gasteiger partial charge in [0.15, 0.2) is 0 Å². The number of carbonyl (C=O) groups excluding carboxylic acids is 1. The zero-order valence-electron chi connectivity index (χ0n) is 14.2. The van der Waals surface area contributed by atoms with Gasteiger partial charge in [0.1, 0.15) is 5.82 Å². The van der Waals surface area contributed by atoms with Gasteiger partial charge in [-0.3, -0.25) is 9.78 Å². The van der Waals surface area contributed by atoms with E-state index in [4.69, 9.17) is 4.74 Å². The Morgan fingerprint density at radius 1 is 1.12 bits per heavy atom. The minimum absolute atomic E-state index is 0.0358. The highest BCUT2D eigenvalue weighted by Gasteiger charge is 2.42. The zero-order chi connectivity index (χ0) is 17.1. The lowest BCUT2D eigenvalue weighted by Crippen LogP contribution is -2.43. The minimum atomic E-state index is -0.0358. The smallest absolute Gasteiger partial charge is 0.255 e. The van der Waals surface area contributed by atoms with Crippen LogP contribution in [-0.2, 0) is 4.74 Å². The quantitative estimate of drug-likeness (QED) is 0.836. The van der Waals surface area contributed by atoms with E-state index in [1.54, 1.807) is 18.5 Å². The first-order valence-electron chi connectivity index (χ1n) is 8.69. The maximum absolute atomic E-state index is 12.8. The number of amides is 1. The van der Waals surface area contributed by atoms with Gasteiger partial charge >= 0.3 is 0 Å². The number of anilines is 1. The molecule has 6 heteroatoms. The summed E-state index contributed by atoms with van der Waals surface area (Å²) < 4.78 is 5.88. The molecule has 2 aromatic rings. The Morgan fingerprint density at radius 3 is 2.88 bits per heavy atom. The fourth-order valence-electron chi connectivity index (χ4n) is 3.76. The van der Waals surface area contributed by atoms with Crippen molar-refractivity contribution < 1.29 is 9.53 Å². The molecule has 0 radical (unpaired) electrons. The predicted octanol–water partition coefficient (Wildman–Crippen LogP) is 1.85. The molecule has 2 aromatic heterocycles. The van der Waals surface area contributed by atoms with E-state index in [1.165, 1.54) is 0 Å². The van der Waals surface area contributed by atoms with E-state index in [2.05, 4.69) is 14.9 Å². The zero-order valence-corrected chi connectivity index (χ0v) is 14.2. The third-order valence-corrected chi connectivity index (χ3v) is 5.05. The number of ether oxygens (including phenoxy) is 1. The summed E-state index contributed by atoms with van der Waals surface area (Å²) in [5.74, 6) is 1.03. The van der Waals surface area contributed by atoms with E-state index < -0.39 is 0 Å². The van der Waals surface area contributed by atoms with Crippen LogP contribution in [0, 0.1) is 5.41 Å². The van der Waals surface area contributed by atoms with Crippen molar-refractivity contribution in [2.75, 3.05) is 44.3 Å². The van der Waals surface area contributed by atoms with E-state index in [1.807, 2.05) is 35.4 Å². The molecule has 6 nitrogen and oxygen atoms in total. The first-order valence-corrected chi connectivity index (χ1v) is 8.69. The monoisotopic (exact) mass is 338 g/mol. The summed E-state index contributed by atoms with van der Waals surface area (Å²) in [5.41, 5.74) is 0.602. The summed E-state index contributed by atoms with van der Waals surface area (Å²) >= 11 is 0. The highest BCUT2D eigenvalue weighted by atomic mass is 16.5. The highest BCUT2D eigenvalue weighted by Crippen LogP contribution is 2.35. The van der Waals surface area contributed by atoms with Gasteiger partial charge in [-0.1, -0.05) is 6.07 Å². The second-order valence-corrected chi connectivity index (χ2v) is 6.88. The summed E-state index contributed by atoms with van der Waals surface area (Å²) in [6.07, 6.45) is 6.14. The van der Waals surface area contributed by atoms with Crippen LogP contribution in [0.25, 0.3) is 0 Å². The molecule has 25 heavy (non-hydrogen) atoms. The SMILES string of the molecule is O=C(c1cccnc1)N1CCOC[C@@]2(CCN(c3ccccn3)C2)C1. The Morgan fingerprint density at radius 2 is 2.08 bits per heavy atom. The van der Waals surface area contributed by atoms with E-state index in [9.17, 15) is 4.79 Å². The predicted molar refractivity (Wildman–Crippen MR) is 94.5 cm³/mol. The lowest BCUT2D eigenvalue weighted by molar-refractivity contribution is 0.0690. The lowest BCUT2D eigenvalue weighted by Gasteiger charge is -2.32. The molecule has 0 aromatic carbocycles. The van der Waals surface area contributed by atoms with Gasteiger partial charge in [0.05, 0.1) is 18.8 Å². The highest BCUT2D eigenvalue weighted by molar-refractivity contribution is 5.93. The Hall–Kier alpha value is -2.47. The van der Waals surface area contributed by atoms with Gasteiger partial charge in [0.2, 0.25) is 0 Å². The maximum Gasteiger partial charge on any atom is 0.255 e. The number of hydrogen-bond acceptors (Lipinski definition) is 5. The topological polar surface area (TPSA) is 58.6 Å².